The van der Waals surface area contributed by atoms with E-state index in [9.17, 15) is 0 Å². The number of fused-ring (bicyclic) bond motifs is 5. The van der Waals surface area contributed by atoms with E-state index in [2.05, 4.69) is 165 Å². The van der Waals surface area contributed by atoms with Gasteiger partial charge in [-0.25, -0.2) is 0 Å². The van der Waals surface area contributed by atoms with Crippen molar-refractivity contribution in [3.63, 3.8) is 0 Å². The van der Waals surface area contributed by atoms with Gasteiger partial charge in [-0.3, -0.25) is 0 Å². The van der Waals surface area contributed by atoms with Gasteiger partial charge in [0.2, 0.25) is 0 Å². The van der Waals surface area contributed by atoms with Gasteiger partial charge in [0.1, 0.15) is 0 Å². The fourth-order valence-corrected chi connectivity index (χ4v) is 7.55. The molecule has 1 atom stereocenters. The summed E-state index contributed by atoms with van der Waals surface area (Å²) in [6.45, 7) is 20.7. The first-order valence-electron chi connectivity index (χ1n) is 17.0. The molecule has 0 aliphatic heterocycles. The van der Waals surface area contributed by atoms with Gasteiger partial charge in [0, 0.05) is 41.6 Å². The molecule has 1 unspecified atom stereocenters. The van der Waals surface area contributed by atoms with Gasteiger partial charge in [0.25, 0.3) is 0 Å². The maximum absolute atomic E-state index is 2.55. The van der Waals surface area contributed by atoms with Crippen LogP contribution in [0, 0.1) is 0 Å². The molecule has 2 radical (unpaired) electrons. The molecule has 1 aliphatic carbocycles. The van der Waals surface area contributed by atoms with Gasteiger partial charge in [-0.15, -0.1) is 33.7 Å². The third-order valence-corrected chi connectivity index (χ3v) is 9.66. The van der Waals surface area contributed by atoms with E-state index in [0.29, 0.717) is 0 Å². The molecule has 0 fully saturated rings. The van der Waals surface area contributed by atoms with E-state index in [0.717, 1.165) is 22.4 Å². The number of hydrogen-bond donors (Lipinski definition) is 0. The first-order valence-corrected chi connectivity index (χ1v) is 19.0. The molecule has 0 bridgehead atoms. The second-order valence-corrected chi connectivity index (χ2v) is 16.2. The summed E-state index contributed by atoms with van der Waals surface area (Å²) in [7, 11) is 1.08. The van der Waals surface area contributed by atoms with Gasteiger partial charge in [0.05, 0.1) is 0 Å². The Bertz CT molecular complexity index is 2070. The fraction of sp³-hybridized carbons (Fsp3) is 0.311. The SMILES string of the molecule is CCCC1=Cc2c(-c3cccc4ccccc34)cccc2C1c1c(C(C)(C)C)ccc2c1[cH-]c1cc(C(C)(C)C)ccc12.C[Si]C.[Zr]. The van der Waals surface area contributed by atoms with Crippen LogP contribution in [0.3, 0.4) is 0 Å². The van der Waals surface area contributed by atoms with E-state index < -0.39 is 0 Å². The van der Waals surface area contributed by atoms with Crippen LogP contribution in [0.1, 0.15) is 95.0 Å². The summed E-state index contributed by atoms with van der Waals surface area (Å²) >= 11 is 0. The van der Waals surface area contributed by atoms with E-state index >= 15 is 0 Å². The standard InChI is InChI=1S/C43H43.C2H6Si.Zr/c1-8-13-28-25-37-34(33-17-11-15-27-14-9-10-16-31(27)33)18-12-19-36(37)40(28)41-38-26-29-24-30(42(2,3)4)20-21-32(29)35(38)22-23-39(41)43(5,6)7;1-3-2;/h9-12,14-26,40H,8,13H2,1-7H3;1-2H3;/q-1;;. The van der Waals surface area contributed by atoms with Crippen molar-refractivity contribution in [3.05, 3.63) is 130 Å². The first-order chi connectivity index (χ1) is 22.0. The summed E-state index contributed by atoms with van der Waals surface area (Å²) < 4.78 is 0. The first kappa shape index (κ1) is 35.4. The Morgan fingerprint density at radius 1 is 0.702 bits per heavy atom. The van der Waals surface area contributed by atoms with Gasteiger partial charge in [-0.1, -0.05) is 181 Å². The summed E-state index contributed by atoms with van der Waals surface area (Å²) in [6, 6.07) is 37.0. The molecule has 0 nitrogen and oxygen atoms in total. The Balaban J connectivity index is 0.00000105. The van der Waals surface area contributed by atoms with Crippen LogP contribution in [0.2, 0.25) is 13.1 Å². The van der Waals surface area contributed by atoms with Gasteiger partial charge < -0.3 is 0 Å². The van der Waals surface area contributed by atoms with Crippen molar-refractivity contribution < 1.29 is 26.2 Å². The molecule has 6 aromatic carbocycles. The topological polar surface area (TPSA) is 0 Å². The van der Waals surface area contributed by atoms with Crippen molar-refractivity contribution in [2.24, 2.45) is 0 Å². The van der Waals surface area contributed by atoms with Gasteiger partial charge in [0.15, 0.2) is 0 Å². The van der Waals surface area contributed by atoms with E-state index in [1.165, 1.54) is 71.3 Å². The predicted molar refractivity (Wildman–Crippen MR) is 206 cm³/mol. The maximum Gasteiger partial charge on any atom is 0.0307 e. The maximum atomic E-state index is 2.55. The smallest absolute Gasteiger partial charge is 0.0307 e. The minimum Gasteiger partial charge on any atom is -0.126 e. The molecular weight excluding hydrogens is 660 g/mol. The Kier molecular flexibility index (Phi) is 10.5. The molecule has 0 saturated carbocycles. The zero-order chi connectivity index (χ0) is 32.8. The Hall–Kier alpha value is -2.93. The van der Waals surface area contributed by atoms with Crippen LogP contribution in [0.25, 0.3) is 49.5 Å². The summed E-state index contributed by atoms with van der Waals surface area (Å²) in [5.74, 6) is 0.252. The predicted octanol–water partition coefficient (Wildman–Crippen LogP) is 13.2. The molecule has 0 heterocycles. The Morgan fingerprint density at radius 2 is 1.36 bits per heavy atom. The van der Waals surface area contributed by atoms with Crippen LogP contribution in [0.15, 0.2) is 103 Å². The van der Waals surface area contributed by atoms with Crippen LogP contribution in [0.4, 0.5) is 0 Å². The summed E-state index contributed by atoms with van der Waals surface area (Å²) in [5.41, 5.74) is 11.6. The third-order valence-electron chi connectivity index (χ3n) is 9.66. The molecule has 0 spiro atoms. The van der Waals surface area contributed by atoms with Crippen molar-refractivity contribution in [2.45, 2.75) is 91.1 Å². The monoisotopic (exact) mass is 707 g/mol. The number of hydrogen-bond acceptors (Lipinski definition) is 0. The summed E-state index contributed by atoms with van der Waals surface area (Å²) in [5, 5.41) is 8.15. The summed E-state index contributed by atoms with van der Waals surface area (Å²) in [6.07, 6.45) is 4.79. The number of benzene rings is 5. The average molecular weight is 709 g/mol. The molecule has 2 heteroatoms. The third kappa shape index (κ3) is 6.58. The fourth-order valence-electron chi connectivity index (χ4n) is 7.55. The van der Waals surface area contributed by atoms with Crippen molar-refractivity contribution >= 4 is 47.9 Å². The van der Waals surface area contributed by atoms with E-state index in [-0.39, 0.29) is 43.0 Å². The number of allylic oxidation sites excluding steroid dienone is 1. The average Bonchev–Trinajstić information content (AvgIpc) is 3.57. The molecule has 238 valence electrons. The van der Waals surface area contributed by atoms with Crippen molar-refractivity contribution in [2.75, 3.05) is 0 Å². The molecule has 1 aliphatic rings. The normalized spacial score (nSPS) is 14.5. The molecule has 0 amide bonds. The number of rotatable bonds is 4. The largest absolute Gasteiger partial charge is 0.126 e. The quantitative estimate of drug-likeness (QED) is 0.126. The minimum absolute atomic E-state index is 0. The molecule has 0 saturated heterocycles. The van der Waals surface area contributed by atoms with E-state index in [4.69, 9.17) is 0 Å². The molecule has 47 heavy (non-hydrogen) atoms. The molecule has 0 aromatic heterocycles. The second-order valence-electron chi connectivity index (χ2n) is 15.2. The molecule has 7 rings (SSSR count). The van der Waals surface area contributed by atoms with Crippen LogP contribution in [0.5, 0.6) is 0 Å². The minimum atomic E-state index is 0. The zero-order valence-electron chi connectivity index (χ0n) is 29.8. The zero-order valence-corrected chi connectivity index (χ0v) is 33.3. The van der Waals surface area contributed by atoms with Crippen LogP contribution in [-0.2, 0) is 37.0 Å². The summed E-state index contributed by atoms with van der Waals surface area (Å²) in [4.78, 5) is 0. The van der Waals surface area contributed by atoms with Crippen molar-refractivity contribution in [1.82, 2.24) is 0 Å². The Labute approximate surface area is 305 Å². The second kappa shape index (κ2) is 13.9. The van der Waals surface area contributed by atoms with Crippen LogP contribution < -0.4 is 0 Å². The van der Waals surface area contributed by atoms with Crippen molar-refractivity contribution in [1.29, 1.82) is 0 Å². The van der Waals surface area contributed by atoms with Crippen molar-refractivity contribution in [3.8, 4) is 11.1 Å². The van der Waals surface area contributed by atoms with Crippen LogP contribution >= 0.6 is 0 Å². The van der Waals surface area contributed by atoms with Crippen LogP contribution in [-0.4, -0.2) is 9.52 Å². The van der Waals surface area contributed by atoms with Gasteiger partial charge in [-0.2, -0.15) is 0 Å². The Morgan fingerprint density at radius 3 is 2.06 bits per heavy atom. The van der Waals surface area contributed by atoms with E-state index in [1.807, 2.05) is 0 Å². The molecule has 6 aromatic rings. The van der Waals surface area contributed by atoms with Gasteiger partial charge in [-0.05, 0) is 50.3 Å². The van der Waals surface area contributed by atoms with E-state index in [1.54, 1.807) is 5.57 Å². The molecular formula is C45H49SiZr-. The molecule has 0 N–H and O–H groups in total. The van der Waals surface area contributed by atoms with Gasteiger partial charge >= 0.3 is 0 Å².